The van der Waals surface area contributed by atoms with Gasteiger partial charge < -0.3 is 16.0 Å². The van der Waals surface area contributed by atoms with Gasteiger partial charge in [-0.15, -0.1) is 0 Å². The normalized spacial score (nSPS) is 11.1. The molecular weight excluding hydrogens is 338 g/mol. The van der Waals surface area contributed by atoms with Crippen LogP contribution in [-0.4, -0.2) is 31.5 Å². The number of amides is 1. The first-order chi connectivity index (χ1) is 12.6. The van der Waals surface area contributed by atoms with Gasteiger partial charge in [0, 0.05) is 18.8 Å². The quantitative estimate of drug-likeness (QED) is 0.525. The SMILES string of the molecule is CCNC(=NCC(=O)Nc1ccc(F)cc1)NCCc1cccc(F)c1. The summed E-state index contributed by atoms with van der Waals surface area (Å²) < 4.78 is 26.0. The number of halogens is 2. The molecule has 0 aromatic heterocycles. The molecule has 0 heterocycles. The molecule has 26 heavy (non-hydrogen) atoms. The number of guanidine groups is 1. The highest BCUT2D eigenvalue weighted by Crippen LogP contribution is 2.07. The molecule has 2 aromatic rings. The van der Waals surface area contributed by atoms with Crippen LogP contribution in [0.3, 0.4) is 0 Å². The van der Waals surface area contributed by atoms with E-state index in [4.69, 9.17) is 0 Å². The van der Waals surface area contributed by atoms with Crippen LogP contribution >= 0.6 is 0 Å². The second-order valence-corrected chi connectivity index (χ2v) is 5.56. The van der Waals surface area contributed by atoms with E-state index in [0.717, 1.165) is 5.56 Å². The molecule has 0 aliphatic rings. The van der Waals surface area contributed by atoms with Crippen LogP contribution in [0.5, 0.6) is 0 Å². The number of nitrogens with one attached hydrogen (secondary N) is 3. The molecule has 7 heteroatoms. The van der Waals surface area contributed by atoms with Crippen molar-refractivity contribution in [3.63, 3.8) is 0 Å². The van der Waals surface area contributed by atoms with Crippen LogP contribution in [0.1, 0.15) is 12.5 Å². The van der Waals surface area contributed by atoms with E-state index in [1.165, 1.54) is 36.4 Å². The van der Waals surface area contributed by atoms with Crippen molar-refractivity contribution in [3.05, 3.63) is 65.7 Å². The van der Waals surface area contributed by atoms with E-state index in [2.05, 4.69) is 20.9 Å². The van der Waals surface area contributed by atoms with E-state index in [9.17, 15) is 13.6 Å². The highest BCUT2D eigenvalue weighted by molar-refractivity contribution is 5.94. The summed E-state index contributed by atoms with van der Waals surface area (Å²) in [5, 5.41) is 8.79. The van der Waals surface area contributed by atoms with Gasteiger partial charge in [0.2, 0.25) is 5.91 Å². The van der Waals surface area contributed by atoms with Crippen molar-refractivity contribution >= 4 is 17.6 Å². The molecule has 0 saturated carbocycles. The Morgan fingerprint density at radius 1 is 1.04 bits per heavy atom. The van der Waals surface area contributed by atoms with Crippen LogP contribution in [0, 0.1) is 11.6 Å². The monoisotopic (exact) mass is 360 g/mol. The first-order valence-corrected chi connectivity index (χ1v) is 8.39. The van der Waals surface area contributed by atoms with Gasteiger partial charge >= 0.3 is 0 Å². The lowest BCUT2D eigenvalue weighted by Gasteiger charge is -2.11. The number of benzene rings is 2. The number of rotatable bonds is 7. The van der Waals surface area contributed by atoms with E-state index < -0.39 is 0 Å². The smallest absolute Gasteiger partial charge is 0.246 e. The van der Waals surface area contributed by atoms with Crippen LogP contribution < -0.4 is 16.0 Å². The topological polar surface area (TPSA) is 65.5 Å². The van der Waals surface area contributed by atoms with E-state index in [0.29, 0.717) is 31.2 Å². The minimum absolute atomic E-state index is 0.0767. The number of aliphatic imine (C=N–C) groups is 1. The largest absolute Gasteiger partial charge is 0.357 e. The Morgan fingerprint density at radius 3 is 2.50 bits per heavy atom. The van der Waals surface area contributed by atoms with Gasteiger partial charge in [0.05, 0.1) is 0 Å². The van der Waals surface area contributed by atoms with Gasteiger partial charge in [-0.2, -0.15) is 0 Å². The third-order valence-corrected chi connectivity index (χ3v) is 3.45. The average Bonchev–Trinajstić information content (AvgIpc) is 2.62. The second kappa shape index (κ2) is 10.1. The first kappa shape index (κ1) is 19.4. The van der Waals surface area contributed by atoms with E-state index in [1.54, 1.807) is 6.07 Å². The maximum atomic E-state index is 13.2. The van der Waals surface area contributed by atoms with E-state index >= 15 is 0 Å². The minimum atomic E-state index is -0.363. The maximum absolute atomic E-state index is 13.2. The van der Waals surface area contributed by atoms with Gasteiger partial charge in [0.15, 0.2) is 5.96 Å². The number of carbonyl (C=O) groups is 1. The summed E-state index contributed by atoms with van der Waals surface area (Å²) in [6.45, 7) is 3.04. The molecule has 0 fully saturated rings. The van der Waals surface area contributed by atoms with Gasteiger partial charge in [-0.25, -0.2) is 13.8 Å². The second-order valence-electron chi connectivity index (χ2n) is 5.56. The zero-order valence-corrected chi connectivity index (χ0v) is 14.6. The molecule has 0 aliphatic heterocycles. The predicted octanol–water partition coefficient (Wildman–Crippen LogP) is 2.70. The molecule has 2 rings (SSSR count). The molecule has 3 N–H and O–H groups in total. The molecule has 0 unspecified atom stereocenters. The Balaban J connectivity index is 1.82. The number of carbonyl (C=O) groups excluding carboxylic acids is 1. The van der Waals surface area contributed by atoms with Gasteiger partial charge in [0.1, 0.15) is 18.2 Å². The molecule has 0 bridgehead atoms. The molecule has 0 radical (unpaired) electrons. The van der Waals surface area contributed by atoms with Gasteiger partial charge in [0.25, 0.3) is 0 Å². The Labute approximate surface area is 151 Å². The van der Waals surface area contributed by atoms with Crippen molar-refractivity contribution in [2.75, 3.05) is 25.0 Å². The summed E-state index contributed by atoms with van der Waals surface area (Å²) in [5.41, 5.74) is 1.39. The standard InChI is InChI=1S/C19H22F2N4O/c1-2-22-19(23-11-10-14-4-3-5-16(21)12-14)24-13-18(26)25-17-8-6-15(20)7-9-17/h3-9,12H,2,10-11,13H2,1H3,(H,25,26)(H2,22,23,24). The van der Waals surface area contributed by atoms with Gasteiger partial charge in [-0.3, -0.25) is 4.79 Å². The molecule has 0 aliphatic carbocycles. The summed E-state index contributed by atoms with van der Waals surface area (Å²) in [4.78, 5) is 16.1. The fraction of sp³-hybridized carbons (Fsp3) is 0.263. The lowest BCUT2D eigenvalue weighted by molar-refractivity contribution is -0.114. The fourth-order valence-corrected chi connectivity index (χ4v) is 2.24. The van der Waals surface area contributed by atoms with Crippen molar-refractivity contribution < 1.29 is 13.6 Å². The molecule has 0 saturated heterocycles. The summed E-state index contributed by atoms with van der Waals surface area (Å²) in [5.74, 6) is -0.435. The van der Waals surface area contributed by atoms with Crippen LogP contribution in [0.2, 0.25) is 0 Å². The predicted molar refractivity (Wildman–Crippen MR) is 99.1 cm³/mol. The molecule has 5 nitrogen and oxygen atoms in total. The Bertz CT molecular complexity index is 747. The van der Waals surface area contributed by atoms with E-state index in [-0.39, 0.29) is 24.1 Å². The van der Waals surface area contributed by atoms with Gasteiger partial charge in [-0.1, -0.05) is 12.1 Å². The summed E-state index contributed by atoms with van der Waals surface area (Å²) in [6, 6.07) is 11.9. The molecular formula is C19H22F2N4O. The summed E-state index contributed by atoms with van der Waals surface area (Å²) in [6.07, 6.45) is 0.629. The summed E-state index contributed by atoms with van der Waals surface area (Å²) in [7, 11) is 0. The fourth-order valence-electron chi connectivity index (χ4n) is 2.24. The van der Waals surface area contributed by atoms with E-state index in [1.807, 2.05) is 13.0 Å². The number of anilines is 1. The summed E-state index contributed by atoms with van der Waals surface area (Å²) >= 11 is 0. The number of hydrogen-bond acceptors (Lipinski definition) is 2. The molecule has 1 amide bonds. The van der Waals surface area contributed by atoms with Crippen molar-refractivity contribution in [1.82, 2.24) is 10.6 Å². The highest BCUT2D eigenvalue weighted by atomic mass is 19.1. The Hall–Kier alpha value is -2.96. The van der Waals surface area contributed by atoms with Crippen LogP contribution in [0.15, 0.2) is 53.5 Å². The average molecular weight is 360 g/mol. The molecule has 0 spiro atoms. The van der Waals surface area contributed by atoms with Gasteiger partial charge in [-0.05, 0) is 55.3 Å². The van der Waals surface area contributed by atoms with Crippen LogP contribution in [0.25, 0.3) is 0 Å². The van der Waals surface area contributed by atoms with Crippen molar-refractivity contribution in [2.45, 2.75) is 13.3 Å². The molecule has 2 aromatic carbocycles. The zero-order chi connectivity index (χ0) is 18.8. The third-order valence-electron chi connectivity index (χ3n) is 3.45. The minimum Gasteiger partial charge on any atom is -0.357 e. The first-order valence-electron chi connectivity index (χ1n) is 8.39. The van der Waals surface area contributed by atoms with Crippen LogP contribution in [-0.2, 0) is 11.2 Å². The highest BCUT2D eigenvalue weighted by Gasteiger charge is 2.04. The van der Waals surface area contributed by atoms with Crippen LogP contribution in [0.4, 0.5) is 14.5 Å². The van der Waals surface area contributed by atoms with Crippen molar-refractivity contribution in [2.24, 2.45) is 4.99 Å². The van der Waals surface area contributed by atoms with Crippen molar-refractivity contribution in [3.8, 4) is 0 Å². The lowest BCUT2D eigenvalue weighted by atomic mass is 10.1. The maximum Gasteiger partial charge on any atom is 0.246 e. The molecule has 138 valence electrons. The Morgan fingerprint density at radius 2 is 1.81 bits per heavy atom. The Kier molecular flexibility index (Phi) is 7.54. The molecule has 0 atom stereocenters. The third kappa shape index (κ3) is 6.88. The lowest BCUT2D eigenvalue weighted by Crippen LogP contribution is -2.39. The number of nitrogens with zero attached hydrogens (tertiary/aromatic N) is 1. The zero-order valence-electron chi connectivity index (χ0n) is 14.6. The van der Waals surface area contributed by atoms with Crippen molar-refractivity contribution in [1.29, 1.82) is 0 Å². The number of hydrogen-bond donors (Lipinski definition) is 3.